The SMILES string of the molecule is CCc1nc2c(s1)C(NCc1ccc(F)c(CO)c1)CCC2. The van der Waals surface area contributed by atoms with E-state index in [1.54, 1.807) is 12.1 Å². The molecule has 1 aromatic heterocycles. The van der Waals surface area contributed by atoms with E-state index in [-0.39, 0.29) is 12.4 Å². The molecule has 0 aliphatic heterocycles. The summed E-state index contributed by atoms with van der Waals surface area (Å²) < 4.78 is 13.4. The fraction of sp³-hybridized carbons (Fsp3) is 0.471. The number of thiazole rings is 1. The average Bonchev–Trinajstić information content (AvgIpc) is 2.98. The van der Waals surface area contributed by atoms with Gasteiger partial charge in [-0.2, -0.15) is 0 Å². The summed E-state index contributed by atoms with van der Waals surface area (Å²) in [6.45, 7) is 2.56. The van der Waals surface area contributed by atoms with Gasteiger partial charge in [0.2, 0.25) is 0 Å². The van der Waals surface area contributed by atoms with Gasteiger partial charge in [0.05, 0.1) is 17.3 Å². The van der Waals surface area contributed by atoms with Crippen LogP contribution in [0, 0.1) is 5.82 Å². The molecule has 0 saturated carbocycles. The van der Waals surface area contributed by atoms with Gasteiger partial charge in [-0.3, -0.25) is 0 Å². The van der Waals surface area contributed by atoms with E-state index in [1.807, 2.05) is 11.3 Å². The Morgan fingerprint density at radius 2 is 2.32 bits per heavy atom. The predicted molar refractivity (Wildman–Crippen MR) is 86.3 cm³/mol. The minimum Gasteiger partial charge on any atom is -0.392 e. The van der Waals surface area contributed by atoms with Crippen molar-refractivity contribution >= 4 is 11.3 Å². The number of nitrogens with one attached hydrogen (secondary N) is 1. The third-order valence-electron chi connectivity index (χ3n) is 4.13. The minimum absolute atomic E-state index is 0.262. The van der Waals surface area contributed by atoms with Gasteiger partial charge in [0.1, 0.15) is 5.82 Å². The molecule has 1 aliphatic carbocycles. The molecular formula is C17H21FN2OS. The summed E-state index contributed by atoms with van der Waals surface area (Å²) in [4.78, 5) is 6.08. The highest BCUT2D eigenvalue weighted by Gasteiger charge is 2.23. The molecule has 1 unspecified atom stereocenters. The number of nitrogens with zero attached hydrogens (tertiary/aromatic N) is 1. The summed E-state index contributed by atoms with van der Waals surface area (Å²) in [5, 5.41) is 13.9. The molecule has 0 amide bonds. The molecular weight excluding hydrogens is 299 g/mol. The number of aromatic nitrogens is 1. The first-order chi connectivity index (χ1) is 10.7. The van der Waals surface area contributed by atoms with Gasteiger partial charge in [0, 0.05) is 23.0 Å². The Kier molecular flexibility index (Phi) is 4.86. The Morgan fingerprint density at radius 3 is 3.09 bits per heavy atom. The van der Waals surface area contributed by atoms with Crippen LogP contribution in [0.4, 0.5) is 4.39 Å². The summed E-state index contributed by atoms with van der Waals surface area (Å²) in [5.74, 6) is -0.346. The second-order valence-electron chi connectivity index (χ2n) is 5.68. The second kappa shape index (κ2) is 6.86. The number of fused-ring (bicyclic) bond motifs is 1. The van der Waals surface area contributed by atoms with Gasteiger partial charge in [-0.15, -0.1) is 11.3 Å². The average molecular weight is 320 g/mol. The molecule has 0 bridgehead atoms. The topological polar surface area (TPSA) is 45.2 Å². The first-order valence-electron chi connectivity index (χ1n) is 7.81. The molecule has 0 fully saturated rings. The van der Waals surface area contributed by atoms with E-state index in [0.717, 1.165) is 31.2 Å². The lowest BCUT2D eigenvalue weighted by molar-refractivity contribution is 0.275. The number of halogens is 1. The maximum absolute atomic E-state index is 13.4. The van der Waals surface area contributed by atoms with Crippen molar-refractivity contribution in [1.29, 1.82) is 0 Å². The van der Waals surface area contributed by atoms with Crippen LogP contribution in [-0.4, -0.2) is 10.1 Å². The Morgan fingerprint density at radius 1 is 1.45 bits per heavy atom. The van der Waals surface area contributed by atoms with Crippen molar-refractivity contribution in [1.82, 2.24) is 10.3 Å². The Bertz CT molecular complexity index is 656. The fourth-order valence-corrected chi connectivity index (χ4v) is 4.08. The monoisotopic (exact) mass is 320 g/mol. The van der Waals surface area contributed by atoms with Gasteiger partial charge in [0.25, 0.3) is 0 Å². The van der Waals surface area contributed by atoms with E-state index in [9.17, 15) is 4.39 Å². The number of hydrogen-bond donors (Lipinski definition) is 2. The zero-order valence-corrected chi connectivity index (χ0v) is 13.5. The molecule has 5 heteroatoms. The summed E-state index contributed by atoms with van der Waals surface area (Å²) in [5.41, 5.74) is 2.60. The van der Waals surface area contributed by atoms with E-state index in [1.165, 1.54) is 21.6 Å². The van der Waals surface area contributed by atoms with Crippen LogP contribution < -0.4 is 5.32 Å². The Labute approximate surface area is 134 Å². The van der Waals surface area contributed by atoms with E-state index in [4.69, 9.17) is 10.1 Å². The lowest BCUT2D eigenvalue weighted by atomic mass is 9.97. The van der Waals surface area contributed by atoms with Gasteiger partial charge >= 0.3 is 0 Å². The summed E-state index contributed by atoms with van der Waals surface area (Å²) in [6, 6.07) is 5.27. The molecule has 2 N–H and O–H groups in total. The van der Waals surface area contributed by atoms with Crippen LogP contribution in [0.3, 0.4) is 0 Å². The van der Waals surface area contributed by atoms with Crippen LogP contribution in [0.1, 0.15) is 52.5 Å². The van der Waals surface area contributed by atoms with Crippen LogP contribution in [0.5, 0.6) is 0 Å². The molecule has 1 atom stereocenters. The van der Waals surface area contributed by atoms with Gasteiger partial charge in [0.15, 0.2) is 0 Å². The lowest BCUT2D eigenvalue weighted by Crippen LogP contribution is -2.23. The van der Waals surface area contributed by atoms with Crippen LogP contribution in [0.25, 0.3) is 0 Å². The molecule has 1 aliphatic rings. The Balaban J connectivity index is 1.71. The highest BCUT2D eigenvalue weighted by Crippen LogP contribution is 2.34. The molecule has 0 spiro atoms. The van der Waals surface area contributed by atoms with Crippen molar-refractivity contribution in [2.24, 2.45) is 0 Å². The number of hydrogen-bond acceptors (Lipinski definition) is 4. The number of benzene rings is 1. The highest BCUT2D eigenvalue weighted by atomic mass is 32.1. The summed E-state index contributed by atoms with van der Waals surface area (Å²) in [6.07, 6.45) is 4.34. The third kappa shape index (κ3) is 3.21. The van der Waals surface area contributed by atoms with E-state index in [2.05, 4.69) is 12.2 Å². The lowest BCUT2D eigenvalue weighted by Gasteiger charge is -2.22. The van der Waals surface area contributed by atoms with Crippen molar-refractivity contribution in [3.05, 3.63) is 50.7 Å². The largest absolute Gasteiger partial charge is 0.392 e. The maximum atomic E-state index is 13.4. The van der Waals surface area contributed by atoms with Gasteiger partial charge in [-0.25, -0.2) is 9.37 Å². The second-order valence-corrected chi connectivity index (χ2v) is 6.80. The standard InChI is InChI=1S/C17H21FN2OS/c1-2-16-20-15-5-3-4-14(17(15)22-16)19-9-11-6-7-13(18)12(8-11)10-21/h6-8,14,19,21H,2-5,9-10H2,1H3. The molecule has 22 heavy (non-hydrogen) atoms. The molecule has 1 heterocycles. The quantitative estimate of drug-likeness (QED) is 0.886. The van der Waals surface area contributed by atoms with Crippen molar-refractivity contribution in [3.8, 4) is 0 Å². The molecule has 0 radical (unpaired) electrons. The van der Waals surface area contributed by atoms with Crippen molar-refractivity contribution in [2.75, 3.05) is 0 Å². The number of aliphatic hydroxyl groups is 1. The van der Waals surface area contributed by atoms with E-state index < -0.39 is 0 Å². The number of rotatable bonds is 5. The van der Waals surface area contributed by atoms with Crippen LogP contribution in [0.2, 0.25) is 0 Å². The van der Waals surface area contributed by atoms with Crippen LogP contribution >= 0.6 is 11.3 Å². The zero-order valence-electron chi connectivity index (χ0n) is 12.7. The number of aryl methyl sites for hydroxylation is 2. The molecule has 2 aromatic rings. The Hall–Kier alpha value is -1.30. The smallest absolute Gasteiger partial charge is 0.128 e. The van der Waals surface area contributed by atoms with Gasteiger partial charge in [-0.1, -0.05) is 13.0 Å². The highest BCUT2D eigenvalue weighted by molar-refractivity contribution is 7.11. The fourth-order valence-electron chi connectivity index (χ4n) is 2.92. The zero-order chi connectivity index (χ0) is 15.5. The van der Waals surface area contributed by atoms with Crippen molar-refractivity contribution in [2.45, 2.75) is 51.8 Å². The van der Waals surface area contributed by atoms with Crippen LogP contribution in [0.15, 0.2) is 18.2 Å². The van der Waals surface area contributed by atoms with Crippen molar-refractivity contribution in [3.63, 3.8) is 0 Å². The van der Waals surface area contributed by atoms with E-state index >= 15 is 0 Å². The van der Waals surface area contributed by atoms with Crippen LogP contribution in [-0.2, 0) is 26.0 Å². The summed E-state index contributed by atoms with van der Waals surface area (Å²) >= 11 is 1.82. The van der Waals surface area contributed by atoms with Crippen molar-refractivity contribution < 1.29 is 9.50 Å². The molecule has 0 saturated heterocycles. The minimum atomic E-state index is -0.346. The molecule has 3 rings (SSSR count). The van der Waals surface area contributed by atoms with E-state index in [0.29, 0.717) is 18.2 Å². The molecule has 3 nitrogen and oxygen atoms in total. The molecule has 118 valence electrons. The summed E-state index contributed by atoms with van der Waals surface area (Å²) in [7, 11) is 0. The number of aliphatic hydroxyl groups excluding tert-OH is 1. The van der Waals surface area contributed by atoms with Gasteiger partial charge in [-0.05, 0) is 43.4 Å². The van der Waals surface area contributed by atoms with Gasteiger partial charge < -0.3 is 10.4 Å². The molecule has 1 aromatic carbocycles. The first-order valence-corrected chi connectivity index (χ1v) is 8.63. The predicted octanol–water partition coefficient (Wildman–Crippen LogP) is 3.50. The maximum Gasteiger partial charge on any atom is 0.128 e. The third-order valence-corrected chi connectivity index (χ3v) is 5.49. The normalized spacial score (nSPS) is 17.5. The first kappa shape index (κ1) is 15.6.